The Bertz CT molecular complexity index is 1530. The lowest BCUT2D eigenvalue weighted by atomic mass is 10.00. The first-order valence-corrected chi connectivity index (χ1v) is 13.4. The van der Waals surface area contributed by atoms with Crippen LogP contribution < -0.4 is 9.62 Å². The molecule has 4 rings (SSSR count). The maximum atomic E-state index is 12.3. The van der Waals surface area contributed by atoms with Crippen LogP contribution in [-0.2, 0) is 10.0 Å². The fraction of sp³-hybridized carbons (Fsp3) is 0.185. The number of aromatic amines is 1. The zero-order chi connectivity index (χ0) is 25.9. The topological polar surface area (TPSA) is 115 Å². The second-order valence-corrected chi connectivity index (χ2v) is 10.1. The summed E-state index contributed by atoms with van der Waals surface area (Å²) in [7, 11) is -3.39. The van der Waals surface area contributed by atoms with E-state index in [1.165, 1.54) is 10.6 Å². The molecule has 9 heteroatoms. The standard InChI is InChI=1S/C27H28N4O4S/c1-4-28-26(32)19-11-16-22-23(17-19)30-27(33)24(22)25(18-9-7-6-8-10-18)29-20-12-14-21(15-13-20)31(5-2)36(3,34)35/h6-17,30,33H,4-5H2,1-3H3,(H,28,32). The predicted molar refractivity (Wildman–Crippen MR) is 144 cm³/mol. The Morgan fingerprint density at radius 1 is 1.00 bits per heavy atom. The van der Waals surface area contributed by atoms with E-state index in [9.17, 15) is 18.3 Å². The van der Waals surface area contributed by atoms with Crippen LogP contribution in [0.1, 0.15) is 35.3 Å². The summed E-state index contributed by atoms with van der Waals surface area (Å²) in [5.74, 6) is -0.256. The van der Waals surface area contributed by atoms with Crippen molar-refractivity contribution in [1.29, 1.82) is 0 Å². The minimum Gasteiger partial charge on any atom is -0.494 e. The molecule has 8 nitrogen and oxygen atoms in total. The molecule has 0 atom stereocenters. The largest absolute Gasteiger partial charge is 0.494 e. The average Bonchev–Trinajstić information content (AvgIpc) is 3.18. The molecule has 3 aromatic carbocycles. The maximum Gasteiger partial charge on any atom is 0.251 e. The van der Waals surface area contributed by atoms with Crippen LogP contribution in [0, 0.1) is 0 Å². The number of hydrogen-bond acceptors (Lipinski definition) is 5. The number of nitrogens with one attached hydrogen (secondary N) is 2. The number of anilines is 1. The van der Waals surface area contributed by atoms with Gasteiger partial charge in [-0.15, -0.1) is 0 Å². The van der Waals surface area contributed by atoms with Crippen LogP contribution in [0.5, 0.6) is 5.88 Å². The molecule has 0 fully saturated rings. The zero-order valence-corrected chi connectivity index (χ0v) is 21.1. The number of H-pyrrole nitrogens is 1. The average molecular weight is 505 g/mol. The van der Waals surface area contributed by atoms with E-state index in [1.54, 1.807) is 49.4 Å². The number of fused-ring (bicyclic) bond motifs is 1. The van der Waals surface area contributed by atoms with Crippen LogP contribution in [-0.4, -0.2) is 49.5 Å². The van der Waals surface area contributed by atoms with E-state index in [-0.39, 0.29) is 11.8 Å². The van der Waals surface area contributed by atoms with Crippen molar-refractivity contribution in [3.05, 3.63) is 89.5 Å². The van der Waals surface area contributed by atoms with Gasteiger partial charge < -0.3 is 15.4 Å². The molecular formula is C27H28N4O4S. The van der Waals surface area contributed by atoms with Gasteiger partial charge in [0.1, 0.15) is 0 Å². The number of sulfonamides is 1. The van der Waals surface area contributed by atoms with Gasteiger partial charge in [0.25, 0.3) is 5.91 Å². The van der Waals surface area contributed by atoms with Gasteiger partial charge >= 0.3 is 0 Å². The van der Waals surface area contributed by atoms with E-state index in [1.807, 2.05) is 37.3 Å². The highest BCUT2D eigenvalue weighted by Gasteiger charge is 2.20. The van der Waals surface area contributed by atoms with Crippen molar-refractivity contribution < 1.29 is 18.3 Å². The maximum absolute atomic E-state index is 12.3. The van der Waals surface area contributed by atoms with Gasteiger partial charge in [-0.1, -0.05) is 36.4 Å². The van der Waals surface area contributed by atoms with Gasteiger partial charge in [0, 0.05) is 35.1 Å². The second-order valence-electron chi connectivity index (χ2n) is 8.24. The van der Waals surface area contributed by atoms with Gasteiger partial charge in [0.15, 0.2) is 5.88 Å². The van der Waals surface area contributed by atoms with Gasteiger partial charge in [-0.3, -0.25) is 9.10 Å². The monoisotopic (exact) mass is 504 g/mol. The third-order valence-electron chi connectivity index (χ3n) is 5.73. The molecule has 1 aromatic heterocycles. The lowest BCUT2D eigenvalue weighted by Crippen LogP contribution is -2.29. The highest BCUT2D eigenvalue weighted by molar-refractivity contribution is 7.92. The molecule has 3 N–H and O–H groups in total. The van der Waals surface area contributed by atoms with Crippen molar-refractivity contribution in [2.24, 2.45) is 4.99 Å². The number of rotatable bonds is 8. The van der Waals surface area contributed by atoms with E-state index in [4.69, 9.17) is 4.99 Å². The quantitative estimate of drug-likeness (QED) is 0.305. The molecular weight excluding hydrogens is 476 g/mol. The van der Waals surface area contributed by atoms with Gasteiger partial charge in [-0.05, 0) is 50.2 Å². The van der Waals surface area contributed by atoms with Crippen molar-refractivity contribution in [2.75, 3.05) is 23.7 Å². The van der Waals surface area contributed by atoms with E-state index >= 15 is 0 Å². The number of aromatic nitrogens is 1. The van der Waals surface area contributed by atoms with Crippen molar-refractivity contribution in [2.45, 2.75) is 13.8 Å². The second kappa shape index (κ2) is 10.2. The molecule has 0 bridgehead atoms. The van der Waals surface area contributed by atoms with E-state index in [0.717, 1.165) is 5.56 Å². The number of aromatic hydroxyl groups is 1. The first kappa shape index (κ1) is 25.0. The molecule has 0 aliphatic carbocycles. The van der Waals surface area contributed by atoms with Crippen LogP contribution >= 0.6 is 0 Å². The predicted octanol–water partition coefficient (Wildman–Crippen LogP) is 4.58. The summed E-state index contributed by atoms with van der Waals surface area (Å²) in [5, 5.41) is 14.4. The minimum absolute atomic E-state index is 0.0634. The van der Waals surface area contributed by atoms with Crippen LogP contribution in [0.15, 0.2) is 77.8 Å². The Hall–Kier alpha value is -4.11. The molecule has 1 heterocycles. The summed E-state index contributed by atoms with van der Waals surface area (Å²) in [6.45, 7) is 4.46. The highest BCUT2D eigenvalue weighted by atomic mass is 32.2. The smallest absolute Gasteiger partial charge is 0.251 e. The highest BCUT2D eigenvalue weighted by Crippen LogP contribution is 2.32. The molecule has 1 amide bonds. The van der Waals surface area contributed by atoms with Gasteiger partial charge in [0.2, 0.25) is 10.0 Å². The van der Waals surface area contributed by atoms with Crippen LogP contribution in [0.3, 0.4) is 0 Å². The lowest BCUT2D eigenvalue weighted by Gasteiger charge is -2.20. The summed E-state index contributed by atoms with van der Waals surface area (Å²) in [5.41, 5.74) is 4.07. The number of carbonyl (C=O) groups is 1. The molecule has 0 radical (unpaired) electrons. The lowest BCUT2D eigenvalue weighted by molar-refractivity contribution is 0.0956. The molecule has 0 saturated heterocycles. The van der Waals surface area contributed by atoms with Crippen molar-refractivity contribution in [1.82, 2.24) is 10.3 Å². The number of carbonyl (C=O) groups excluding carboxylic acids is 1. The Morgan fingerprint density at radius 3 is 2.31 bits per heavy atom. The molecule has 4 aromatic rings. The fourth-order valence-corrected chi connectivity index (χ4v) is 5.09. The van der Waals surface area contributed by atoms with E-state index in [2.05, 4.69) is 10.3 Å². The van der Waals surface area contributed by atoms with Gasteiger partial charge in [0.05, 0.1) is 28.9 Å². The molecule has 36 heavy (non-hydrogen) atoms. The third-order valence-corrected chi connectivity index (χ3v) is 7.00. The number of nitrogens with zero attached hydrogens (tertiary/aromatic N) is 2. The Kier molecular flexibility index (Phi) is 7.12. The normalized spacial score (nSPS) is 12.0. The summed E-state index contributed by atoms with van der Waals surface area (Å²) >= 11 is 0. The summed E-state index contributed by atoms with van der Waals surface area (Å²) in [6, 6.07) is 21.6. The molecule has 0 unspecified atom stereocenters. The van der Waals surface area contributed by atoms with Crippen molar-refractivity contribution >= 4 is 43.9 Å². The summed E-state index contributed by atoms with van der Waals surface area (Å²) in [4.78, 5) is 20.1. The van der Waals surface area contributed by atoms with Crippen LogP contribution in [0.4, 0.5) is 11.4 Å². The van der Waals surface area contributed by atoms with Crippen molar-refractivity contribution in [3.63, 3.8) is 0 Å². The fourth-order valence-electron chi connectivity index (χ4n) is 4.12. The Morgan fingerprint density at radius 2 is 1.69 bits per heavy atom. The van der Waals surface area contributed by atoms with Gasteiger partial charge in [-0.2, -0.15) is 0 Å². The zero-order valence-electron chi connectivity index (χ0n) is 20.3. The van der Waals surface area contributed by atoms with E-state index in [0.29, 0.717) is 52.2 Å². The molecule has 0 saturated carbocycles. The van der Waals surface area contributed by atoms with E-state index < -0.39 is 10.0 Å². The van der Waals surface area contributed by atoms with Gasteiger partial charge in [-0.25, -0.2) is 13.4 Å². The SMILES string of the molecule is CCNC(=O)c1ccc2c(C(=Nc3ccc(N(CC)S(C)(=O)=O)cc3)c3ccccc3)c(O)[nH]c2c1. The number of hydrogen-bond donors (Lipinski definition) is 3. The molecule has 0 aliphatic heterocycles. The Labute approximate surface area is 210 Å². The number of aliphatic imine (C=N–C) groups is 1. The summed E-state index contributed by atoms with van der Waals surface area (Å²) < 4.78 is 25.5. The van der Waals surface area contributed by atoms with Crippen molar-refractivity contribution in [3.8, 4) is 5.88 Å². The molecule has 186 valence electrons. The minimum atomic E-state index is -3.39. The molecule has 0 spiro atoms. The third kappa shape index (κ3) is 5.11. The first-order valence-electron chi connectivity index (χ1n) is 11.6. The van der Waals surface area contributed by atoms with Crippen LogP contribution in [0.25, 0.3) is 10.9 Å². The summed E-state index contributed by atoms with van der Waals surface area (Å²) in [6.07, 6.45) is 1.17. The number of amides is 1. The molecule has 0 aliphatic rings. The first-order chi connectivity index (χ1) is 17.2. The van der Waals surface area contributed by atoms with Crippen LogP contribution in [0.2, 0.25) is 0 Å². The Balaban J connectivity index is 1.83. The number of benzene rings is 3.